The van der Waals surface area contributed by atoms with Crippen molar-refractivity contribution in [2.24, 2.45) is 7.05 Å². The summed E-state index contributed by atoms with van der Waals surface area (Å²) in [5, 5.41) is 3.25. The molecule has 2 aromatic heterocycles. The number of hydrogen-bond donors (Lipinski definition) is 0. The highest BCUT2D eigenvalue weighted by Gasteiger charge is 2.41. The van der Waals surface area contributed by atoms with Crippen molar-refractivity contribution in [3.8, 4) is 5.88 Å². The van der Waals surface area contributed by atoms with E-state index in [2.05, 4.69) is 14.8 Å². The number of rotatable bonds is 6. The monoisotopic (exact) mass is 383 g/mol. The summed E-state index contributed by atoms with van der Waals surface area (Å²) in [5.41, 5.74) is -1.31. The maximum Gasteiger partial charge on any atom is 0.435 e. The quantitative estimate of drug-likeness (QED) is 0.567. The Bertz CT molecular complexity index is 736. The zero-order valence-electron chi connectivity index (χ0n) is 13.2. The van der Waals surface area contributed by atoms with Crippen molar-refractivity contribution in [2.45, 2.75) is 36.9 Å². The molecule has 0 spiro atoms. The maximum atomic E-state index is 13.1. The lowest BCUT2D eigenvalue weighted by atomic mass is 10.2. The lowest BCUT2D eigenvalue weighted by Gasteiger charge is -2.13. The minimum absolute atomic E-state index is 0.0549. The summed E-state index contributed by atoms with van der Waals surface area (Å²) in [6, 6.07) is 3.17. The average molecular weight is 383 g/mol. The van der Waals surface area contributed by atoms with Crippen LogP contribution < -0.4 is 4.74 Å². The standard InChI is InChI=1S/C14H14F5N3O2S/c1-3-8-4-5-20-10(6-8)25(23)7-9-11(14(17,18)19)21-22(2)12(9)24-13(15)16/h4-6,13H,3,7H2,1-2H3. The molecule has 0 N–H and O–H groups in total. The van der Waals surface area contributed by atoms with Gasteiger partial charge in [-0.2, -0.15) is 27.1 Å². The molecule has 1 atom stereocenters. The van der Waals surface area contributed by atoms with Crippen LogP contribution in [-0.4, -0.2) is 25.9 Å². The van der Waals surface area contributed by atoms with E-state index in [0.29, 0.717) is 11.1 Å². The lowest BCUT2D eigenvalue weighted by Crippen LogP contribution is -2.15. The van der Waals surface area contributed by atoms with Crippen molar-refractivity contribution in [1.82, 2.24) is 14.8 Å². The molecule has 0 bridgehead atoms. The van der Waals surface area contributed by atoms with Crippen LogP contribution in [0.15, 0.2) is 23.4 Å². The van der Waals surface area contributed by atoms with Crippen LogP contribution in [0.1, 0.15) is 23.7 Å². The van der Waals surface area contributed by atoms with Crippen LogP contribution in [0.4, 0.5) is 22.0 Å². The highest BCUT2D eigenvalue weighted by molar-refractivity contribution is 7.90. The summed E-state index contributed by atoms with van der Waals surface area (Å²) in [7, 11) is 1.04. The average Bonchev–Trinajstić information content (AvgIpc) is 2.83. The first-order chi connectivity index (χ1) is 11.6. The number of pyridine rings is 1. The number of aryl methyl sites for hydroxylation is 2. The van der Waals surface area contributed by atoms with Gasteiger partial charge in [-0.15, -0.1) is 0 Å². The van der Waals surface area contributed by atoms with Crippen LogP contribution in [0, 0.1) is 0 Å². The van der Waals surface area contributed by atoms with Crippen molar-refractivity contribution in [3.63, 3.8) is 0 Å². The molecule has 138 valence electrons. The Hall–Kier alpha value is -1.88. The van der Waals surface area contributed by atoms with Gasteiger partial charge in [0.25, 0.3) is 0 Å². The van der Waals surface area contributed by atoms with Gasteiger partial charge >= 0.3 is 12.8 Å². The van der Waals surface area contributed by atoms with Gasteiger partial charge in [-0.3, -0.25) is 0 Å². The predicted octanol–water partition coefficient (Wildman–Crippen LogP) is 3.31. The van der Waals surface area contributed by atoms with Gasteiger partial charge in [-0.1, -0.05) is 6.92 Å². The molecule has 2 heterocycles. The minimum Gasteiger partial charge on any atom is -0.610 e. The number of alkyl halides is 5. The molecule has 0 fully saturated rings. The summed E-state index contributed by atoms with van der Waals surface area (Å²) in [6.07, 6.45) is -2.90. The van der Waals surface area contributed by atoms with E-state index in [1.807, 2.05) is 6.92 Å². The normalized spacial score (nSPS) is 13.3. The van der Waals surface area contributed by atoms with Crippen molar-refractivity contribution >= 4 is 11.2 Å². The van der Waals surface area contributed by atoms with Crippen LogP contribution in [0.5, 0.6) is 5.88 Å². The van der Waals surface area contributed by atoms with Crippen molar-refractivity contribution in [3.05, 3.63) is 35.2 Å². The van der Waals surface area contributed by atoms with E-state index >= 15 is 0 Å². The highest BCUT2D eigenvalue weighted by Crippen LogP contribution is 2.37. The van der Waals surface area contributed by atoms with Gasteiger partial charge in [-0.25, -0.2) is 9.67 Å². The molecule has 0 amide bonds. The molecule has 0 aliphatic rings. The first kappa shape index (κ1) is 19.4. The van der Waals surface area contributed by atoms with Gasteiger partial charge in [0, 0.05) is 30.5 Å². The van der Waals surface area contributed by atoms with Crippen molar-refractivity contribution in [1.29, 1.82) is 0 Å². The lowest BCUT2D eigenvalue weighted by molar-refractivity contribution is -0.142. The third-order valence-corrected chi connectivity index (χ3v) is 4.51. The van der Waals surface area contributed by atoms with Crippen LogP contribution in [0.3, 0.4) is 0 Å². The molecular formula is C14H14F5N3O2S. The number of ether oxygens (including phenoxy) is 1. The molecule has 0 saturated heterocycles. The zero-order chi connectivity index (χ0) is 18.8. The fourth-order valence-corrected chi connectivity index (χ4v) is 3.27. The van der Waals surface area contributed by atoms with E-state index in [-0.39, 0.29) is 5.03 Å². The molecular weight excluding hydrogens is 369 g/mol. The molecule has 0 saturated carbocycles. The zero-order valence-corrected chi connectivity index (χ0v) is 14.0. The molecule has 0 radical (unpaired) electrons. The van der Waals surface area contributed by atoms with E-state index in [9.17, 15) is 26.5 Å². The van der Waals surface area contributed by atoms with Crippen molar-refractivity contribution < 1.29 is 31.2 Å². The van der Waals surface area contributed by atoms with Crippen molar-refractivity contribution in [2.75, 3.05) is 0 Å². The van der Waals surface area contributed by atoms with E-state index in [1.165, 1.54) is 12.3 Å². The molecule has 2 aromatic rings. The van der Waals surface area contributed by atoms with Crippen LogP contribution in [-0.2, 0) is 36.6 Å². The van der Waals surface area contributed by atoms with Crippen LogP contribution in [0.25, 0.3) is 0 Å². The largest absolute Gasteiger partial charge is 0.610 e. The molecule has 5 nitrogen and oxygen atoms in total. The van der Waals surface area contributed by atoms with E-state index in [0.717, 1.165) is 12.6 Å². The Morgan fingerprint density at radius 3 is 2.60 bits per heavy atom. The maximum absolute atomic E-state index is 13.1. The summed E-state index contributed by atoms with van der Waals surface area (Å²) < 4.78 is 81.5. The Balaban J connectivity index is 2.41. The van der Waals surface area contributed by atoms with E-state index in [4.69, 9.17) is 0 Å². The molecule has 25 heavy (non-hydrogen) atoms. The van der Waals surface area contributed by atoms with Gasteiger partial charge in [0.15, 0.2) is 5.69 Å². The van der Waals surface area contributed by atoms with Gasteiger partial charge in [-0.05, 0) is 18.1 Å². The smallest absolute Gasteiger partial charge is 0.435 e. The summed E-state index contributed by atoms with van der Waals surface area (Å²) >= 11 is -1.99. The Labute approximate surface area is 143 Å². The number of aromatic nitrogens is 3. The second-order valence-corrected chi connectivity index (χ2v) is 6.38. The second-order valence-electron chi connectivity index (χ2n) is 4.98. The molecule has 0 aliphatic carbocycles. The SMILES string of the molecule is CCc1ccnc([S+]([O-])Cc2c(C(F)(F)F)nn(C)c2OC(F)F)c1. The fourth-order valence-electron chi connectivity index (χ4n) is 2.14. The first-order valence-corrected chi connectivity index (χ1v) is 8.36. The molecule has 11 heteroatoms. The molecule has 1 unspecified atom stereocenters. The third-order valence-electron chi connectivity index (χ3n) is 3.27. The van der Waals surface area contributed by atoms with Crippen LogP contribution >= 0.6 is 0 Å². The summed E-state index contributed by atoms with van der Waals surface area (Å²) in [4.78, 5) is 3.88. The summed E-state index contributed by atoms with van der Waals surface area (Å²) in [6.45, 7) is -1.50. The highest BCUT2D eigenvalue weighted by atomic mass is 32.2. The number of hydrogen-bond acceptors (Lipinski definition) is 4. The topological polar surface area (TPSA) is 63.0 Å². The van der Waals surface area contributed by atoms with Gasteiger partial charge in [0.2, 0.25) is 10.9 Å². The predicted molar refractivity (Wildman–Crippen MR) is 78.6 cm³/mol. The van der Waals surface area contributed by atoms with E-state index < -0.39 is 46.9 Å². The second kappa shape index (κ2) is 7.56. The van der Waals surface area contributed by atoms with E-state index in [1.54, 1.807) is 6.07 Å². The number of nitrogens with zero attached hydrogens (tertiary/aromatic N) is 3. The van der Waals surface area contributed by atoms with Gasteiger partial charge < -0.3 is 9.29 Å². The fraction of sp³-hybridized carbons (Fsp3) is 0.429. The first-order valence-electron chi connectivity index (χ1n) is 7.04. The number of halogens is 5. The van der Waals surface area contributed by atoms with Crippen LogP contribution in [0.2, 0.25) is 0 Å². The van der Waals surface area contributed by atoms with Gasteiger partial charge in [0.05, 0.1) is 5.56 Å². The Morgan fingerprint density at radius 1 is 1.36 bits per heavy atom. The minimum atomic E-state index is -4.90. The molecule has 2 rings (SSSR count). The Kier molecular flexibility index (Phi) is 5.88. The molecule has 0 aliphatic heterocycles. The van der Waals surface area contributed by atoms with Gasteiger partial charge in [0.1, 0.15) is 5.75 Å². The molecule has 0 aromatic carbocycles. The third kappa shape index (κ3) is 4.60. The Morgan fingerprint density at radius 2 is 2.04 bits per heavy atom. The summed E-state index contributed by atoms with van der Waals surface area (Å²) in [5.74, 6) is -1.48.